The van der Waals surface area contributed by atoms with Crippen LogP contribution in [0.15, 0.2) is 0 Å². The van der Waals surface area contributed by atoms with Crippen LogP contribution in [0.5, 0.6) is 0 Å². The van der Waals surface area contributed by atoms with Crippen LogP contribution in [0.2, 0.25) is 0 Å². The molecule has 1 saturated heterocycles. The van der Waals surface area contributed by atoms with Crippen molar-refractivity contribution >= 4 is 24.2 Å². The highest BCUT2D eigenvalue weighted by Gasteiger charge is 2.35. The normalized spacial score (nSPS) is 18.2. The molecule has 0 bridgehead atoms. The summed E-state index contributed by atoms with van der Waals surface area (Å²) in [5.74, 6) is 0.123. The molecule has 0 radical (unpaired) electrons. The first-order valence-corrected chi connectivity index (χ1v) is 9.49. The van der Waals surface area contributed by atoms with E-state index >= 15 is 0 Å². The number of carbonyl (C=O) groups is 2. The molecule has 0 spiro atoms. The van der Waals surface area contributed by atoms with Crippen LogP contribution in [0.25, 0.3) is 0 Å². The molecule has 3 N–H and O–H groups in total. The first-order chi connectivity index (χ1) is 11.5. The van der Waals surface area contributed by atoms with Gasteiger partial charge in [-0.05, 0) is 45.7 Å². The summed E-state index contributed by atoms with van der Waals surface area (Å²) < 4.78 is 0. The van der Waals surface area contributed by atoms with Crippen LogP contribution in [0.3, 0.4) is 0 Å². The van der Waals surface area contributed by atoms with Crippen molar-refractivity contribution in [3.63, 3.8) is 0 Å². The molecule has 154 valence electrons. The zero-order valence-electron chi connectivity index (χ0n) is 17.4. The van der Waals surface area contributed by atoms with Crippen molar-refractivity contribution in [1.82, 2.24) is 15.1 Å². The molecule has 26 heavy (non-hydrogen) atoms. The Morgan fingerprint density at radius 1 is 1.19 bits per heavy atom. The molecule has 0 aliphatic carbocycles. The third-order valence-electron chi connectivity index (χ3n) is 4.90. The topological polar surface area (TPSA) is 78.7 Å². The summed E-state index contributed by atoms with van der Waals surface area (Å²) in [5.41, 5.74) is 5.40. The number of rotatable bonds is 8. The third kappa shape index (κ3) is 7.80. The lowest BCUT2D eigenvalue weighted by molar-refractivity contribution is -0.140. The van der Waals surface area contributed by atoms with Crippen molar-refractivity contribution in [2.24, 2.45) is 17.1 Å². The average Bonchev–Trinajstić information content (AvgIpc) is 2.51. The van der Waals surface area contributed by atoms with Gasteiger partial charge in [-0.3, -0.25) is 9.59 Å². The zero-order chi connectivity index (χ0) is 19.3. The van der Waals surface area contributed by atoms with Crippen LogP contribution in [0.1, 0.15) is 53.4 Å². The van der Waals surface area contributed by atoms with E-state index in [1.165, 1.54) is 0 Å². The number of nitrogens with zero attached hydrogens (tertiary/aromatic N) is 2. The van der Waals surface area contributed by atoms with E-state index in [4.69, 9.17) is 5.73 Å². The predicted octanol–water partition coefficient (Wildman–Crippen LogP) is 1.87. The molecule has 6 nitrogen and oxygen atoms in total. The average molecular weight is 391 g/mol. The van der Waals surface area contributed by atoms with Crippen molar-refractivity contribution in [2.45, 2.75) is 58.9 Å². The van der Waals surface area contributed by atoms with Crippen LogP contribution in [0, 0.1) is 11.3 Å². The van der Waals surface area contributed by atoms with E-state index in [9.17, 15) is 9.59 Å². The number of amides is 2. The molecule has 0 saturated carbocycles. The first kappa shape index (κ1) is 25.1. The highest BCUT2D eigenvalue weighted by Crippen LogP contribution is 2.22. The minimum absolute atomic E-state index is 0. The number of nitrogens with two attached hydrogens (primary N) is 1. The quantitative estimate of drug-likeness (QED) is 0.663. The minimum atomic E-state index is -0.792. The molecule has 1 rings (SSSR count). The van der Waals surface area contributed by atoms with E-state index in [0.717, 1.165) is 13.0 Å². The number of halogens is 1. The lowest BCUT2D eigenvalue weighted by Gasteiger charge is -2.37. The molecule has 1 heterocycles. The van der Waals surface area contributed by atoms with Crippen molar-refractivity contribution in [3.8, 4) is 0 Å². The Labute approximate surface area is 165 Å². The fourth-order valence-electron chi connectivity index (χ4n) is 3.71. The van der Waals surface area contributed by atoms with Gasteiger partial charge in [0.2, 0.25) is 11.8 Å². The van der Waals surface area contributed by atoms with Gasteiger partial charge in [0, 0.05) is 32.1 Å². The number of hydrogen-bond acceptors (Lipinski definition) is 4. The summed E-state index contributed by atoms with van der Waals surface area (Å²) in [5, 5.41) is 3.10. The second-order valence-corrected chi connectivity index (χ2v) is 8.85. The number of hydrogen-bond donors (Lipinski definition) is 2. The maximum Gasteiger partial charge on any atom is 0.242 e. The molecule has 1 aliphatic rings. The Hall–Kier alpha value is -0.850. The second-order valence-electron chi connectivity index (χ2n) is 8.85. The zero-order valence-corrected chi connectivity index (χ0v) is 18.2. The van der Waals surface area contributed by atoms with Crippen LogP contribution in [-0.2, 0) is 9.59 Å². The molecular weight excluding hydrogens is 352 g/mol. The van der Waals surface area contributed by atoms with Crippen LogP contribution >= 0.6 is 12.4 Å². The van der Waals surface area contributed by atoms with E-state index in [1.807, 2.05) is 32.8 Å². The summed E-state index contributed by atoms with van der Waals surface area (Å²) in [6.45, 7) is 11.0. The van der Waals surface area contributed by atoms with Crippen molar-refractivity contribution < 1.29 is 9.59 Å². The summed E-state index contributed by atoms with van der Waals surface area (Å²) >= 11 is 0. The maximum atomic E-state index is 12.5. The standard InChI is InChI=1S/C19H38N4O2.ClH/c1-7-10-19(4,20)17(25)23-11-8-15(9-12-23)16(24)21-13-18(2,3)14-22(5)6;/h15H,7-14,20H2,1-6H3,(H,21,24);1H. The Bertz CT molecular complexity index is 458. The largest absolute Gasteiger partial charge is 0.355 e. The number of piperidine rings is 1. The van der Waals surface area contributed by atoms with Gasteiger partial charge in [-0.15, -0.1) is 12.4 Å². The van der Waals surface area contributed by atoms with Gasteiger partial charge in [0.25, 0.3) is 0 Å². The molecule has 1 aliphatic heterocycles. The number of likely N-dealkylation sites (tertiary alicyclic amines) is 1. The SMILES string of the molecule is CCCC(C)(N)C(=O)N1CCC(C(=O)NCC(C)(C)CN(C)C)CC1.Cl. The van der Waals surface area contributed by atoms with Gasteiger partial charge < -0.3 is 20.9 Å². The molecule has 1 fully saturated rings. The molecule has 0 aromatic heterocycles. The van der Waals surface area contributed by atoms with Crippen molar-refractivity contribution in [2.75, 3.05) is 40.3 Å². The van der Waals surface area contributed by atoms with Crippen LogP contribution in [-0.4, -0.2) is 67.4 Å². The first-order valence-electron chi connectivity index (χ1n) is 9.49. The minimum Gasteiger partial charge on any atom is -0.355 e. The molecule has 0 aromatic carbocycles. The van der Waals surface area contributed by atoms with Gasteiger partial charge in [-0.2, -0.15) is 0 Å². The lowest BCUT2D eigenvalue weighted by Crippen LogP contribution is -2.55. The number of carbonyl (C=O) groups excluding carboxylic acids is 2. The van der Waals surface area contributed by atoms with Gasteiger partial charge in [0.1, 0.15) is 0 Å². The van der Waals surface area contributed by atoms with Crippen LogP contribution < -0.4 is 11.1 Å². The van der Waals surface area contributed by atoms with Crippen LogP contribution in [0.4, 0.5) is 0 Å². The molecule has 1 atom stereocenters. The van der Waals surface area contributed by atoms with E-state index in [2.05, 4.69) is 24.1 Å². The molecule has 7 heteroatoms. The highest BCUT2D eigenvalue weighted by atomic mass is 35.5. The van der Waals surface area contributed by atoms with Gasteiger partial charge in [0.15, 0.2) is 0 Å². The molecule has 0 aromatic rings. The van der Waals surface area contributed by atoms with Gasteiger partial charge in [-0.1, -0.05) is 27.2 Å². The molecular formula is C19H39ClN4O2. The van der Waals surface area contributed by atoms with E-state index in [-0.39, 0.29) is 35.6 Å². The summed E-state index contributed by atoms with van der Waals surface area (Å²) in [6, 6.07) is 0. The summed E-state index contributed by atoms with van der Waals surface area (Å²) in [6.07, 6.45) is 3.01. The predicted molar refractivity (Wildman–Crippen MR) is 109 cm³/mol. The van der Waals surface area contributed by atoms with E-state index in [1.54, 1.807) is 0 Å². The fourth-order valence-corrected chi connectivity index (χ4v) is 3.71. The van der Waals surface area contributed by atoms with Crippen molar-refractivity contribution in [3.05, 3.63) is 0 Å². The van der Waals surface area contributed by atoms with Crippen molar-refractivity contribution in [1.29, 1.82) is 0 Å². The summed E-state index contributed by atoms with van der Waals surface area (Å²) in [7, 11) is 4.08. The van der Waals surface area contributed by atoms with Gasteiger partial charge in [0.05, 0.1) is 5.54 Å². The fraction of sp³-hybridized carbons (Fsp3) is 0.895. The van der Waals surface area contributed by atoms with Gasteiger partial charge >= 0.3 is 0 Å². The molecule has 1 unspecified atom stereocenters. The third-order valence-corrected chi connectivity index (χ3v) is 4.90. The monoisotopic (exact) mass is 390 g/mol. The Kier molecular flexibility index (Phi) is 10.1. The number of nitrogens with one attached hydrogen (secondary N) is 1. The summed E-state index contributed by atoms with van der Waals surface area (Å²) in [4.78, 5) is 29.0. The smallest absolute Gasteiger partial charge is 0.242 e. The van der Waals surface area contributed by atoms with Gasteiger partial charge in [-0.25, -0.2) is 0 Å². The highest BCUT2D eigenvalue weighted by molar-refractivity contribution is 5.86. The molecule has 2 amide bonds. The Balaban J connectivity index is 0.00000625. The Morgan fingerprint density at radius 2 is 1.73 bits per heavy atom. The Morgan fingerprint density at radius 3 is 2.19 bits per heavy atom. The lowest BCUT2D eigenvalue weighted by atomic mass is 9.90. The van der Waals surface area contributed by atoms with E-state index in [0.29, 0.717) is 38.9 Å². The van der Waals surface area contributed by atoms with E-state index < -0.39 is 5.54 Å². The second kappa shape index (κ2) is 10.5. The maximum absolute atomic E-state index is 12.5.